The quantitative estimate of drug-likeness (QED) is 0.475. The van der Waals surface area contributed by atoms with Crippen LogP contribution in [-0.4, -0.2) is 67.6 Å². The largest absolute Gasteiger partial charge is 0.492 e. The van der Waals surface area contributed by atoms with E-state index in [2.05, 4.69) is 20.1 Å². The van der Waals surface area contributed by atoms with Crippen molar-refractivity contribution in [3.05, 3.63) is 73.6 Å². The summed E-state index contributed by atoms with van der Waals surface area (Å²) in [6.45, 7) is 4.60. The summed E-state index contributed by atoms with van der Waals surface area (Å²) >= 11 is 7.16. The van der Waals surface area contributed by atoms with Gasteiger partial charge in [-0.05, 0) is 40.6 Å². The van der Waals surface area contributed by atoms with E-state index in [-0.39, 0.29) is 22.9 Å². The Balaban J connectivity index is 1.54. The first-order valence-corrected chi connectivity index (χ1v) is 13.2. The van der Waals surface area contributed by atoms with E-state index < -0.39 is 11.7 Å². The standard InChI is InChI=1S/C26H25ClF3N5O2S/c1-34(6-7-35-8-10-37-11-9-35)25-32-24(36)23(38-25)20(16-3-5-22-18(12-16)15-31-33-22)13-17-2-4-19(27)14-21(17)26(28,29)30/h2-5,12,14-15,36H,6-11,13H2,1H3. The molecule has 1 aromatic heterocycles. The number of anilines is 1. The van der Waals surface area contributed by atoms with Crippen LogP contribution >= 0.6 is 22.9 Å². The molecule has 1 fully saturated rings. The van der Waals surface area contributed by atoms with Crippen LogP contribution in [0.25, 0.3) is 5.57 Å². The minimum Gasteiger partial charge on any atom is -0.492 e. The molecule has 1 saturated heterocycles. The fourth-order valence-electron chi connectivity index (χ4n) is 4.43. The molecule has 12 heteroatoms. The number of hydrogen-bond acceptors (Lipinski definition) is 8. The van der Waals surface area contributed by atoms with E-state index in [0.717, 1.165) is 31.3 Å². The zero-order chi connectivity index (χ0) is 26.9. The van der Waals surface area contributed by atoms with Gasteiger partial charge in [0.05, 0.1) is 35.2 Å². The number of alkyl halides is 3. The molecule has 0 atom stereocenters. The van der Waals surface area contributed by atoms with E-state index in [0.29, 0.717) is 45.9 Å². The summed E-state index contributed by atoms with van der Waals surface area (Å²) in [6, 6.07) is 9.10. The first-order chi connectivity index (χ1) is 18.2. The van der Waals surface area contributed by atoms with Crippen LogP contribution < -0.4 is 15.5 Å². The van der Waals surface area contributed by atoms with E-state index >= 15 is 0 Å². The molecule has 3 aromatic rings. The van der Waals surface area contributed by atoms with Crippen LogP contribution in [0.1, 0.15) is 21.6 Å². The maximum atomic E-state index is 13.9. The van der Waals surface area contributed by atoms with E-state index in [1.54, 1.807) is 18.3 Å². The average molecular weight is 564 g/mol. The Kier molecular flexibility index (Phi) is 7.71. The highest BCUT2D eigenvalue weighted by molar-refractivity contribution is 7.17. The van der Waals surface area contributed by atoms with Crippen LogP contribution in [0, 0.1) is 0 Å². The number of hydrogen-bond donors (Lipinski definition) is 1. The molecular formula is C26H25ClF3N5O2S. The molecule has 2 aromatic carbocycles. The van der Waals surface area contributed by atoms with Crippen LogP contribution in [0.4, 0.5) is 18.3 Å². The van der Waals surface area contributed by atoms with Crippen molar-refractivity contribution in [2.24, 2.45) is 10.2 Å². The third kappa shape index (κ3) is 5.85. The van der Waals surface area contributed by atoms with E-state index in [9.17, 15) is 18.3 Å². The molecule has 200 valence electrons. The maximum absolute atomic E-state index is 13.9. The van der Waals surface area contributed by atoms with Crippen LogP contribution in [0.2, 0.25) is 5.02 Å². The van der Waals surface area contributed by atoms with Crippen LogP contribution in [0.3, 0.4) is 0 Å². The van der Waals surface area contributed by atoms with Crippen molar-refractivity contribution in [3.8, 4) is 5.88 Å². The second-order valence-corrected chi connectivity index (χ2v) is 10.5. The van der Waals surface area contributed by atoms with Crippen molar-refractivity contribution in [2.45, 2.75) is 12.6 Å². The lowest BCUT2D eigenvalue weighted by molar-refractivity contribution is -0.138. The molecule has 0 saturated carbocycles. The summed E-state index contributed by atoms with van der Waals surface area (Å²) in [4.78, 5) is 9.02. The normalized spacial score (nSPS) is 16.3. The fourth-order valence-corrected chi connectivity index (χ4v) is 5.62. The van der Waals surface area contributed by atoms with Gasteiger partial charge in [-0.1, -0.05) is 35.1 Å². The number of benzene rings is 2. The Morgan fingerprint density at radius 1 is 1.18 bits per heavy atom. The summed E-state index contributed by atoms with van der Waals surface area (Å²) in [5.74, 6) is -0.223. The minimum atomic E-state index is -4.59. The molecule has 5 rings (SSSR count). The molecule has 38 heavy (non-hydrogen) atoms. The number of rotatable bonds is 7. The highest BCUT2D eigenvalue weighted by Crippen LogP contribution is 2.39. The third-order valence-electron chi connectivity index (χ3n) is 6.54. The van der Waals surface area contributed by atoms with Gasteiger partial charge in [0.1, 0.15) is 0 Å². The highest BCUT2D eigenvalue weighted by atomic mass is 35.5. The summed E-state index contributed by atoms with van der Waals surface area (Å²) in [7, 11) is 1.89. The summed E-state index contributed by atoms with van der Waals surface area (Å²) in [5, 5.41) is 20.8. The SMILES string of the molecule is CN(CCN1CCOCC1)c1nc(O)c(C(Cc2ccc(Cl)cc2C(F)(F)F)=c2ccc3c(c2)C=NN=3)s1. The van der Waals surface area contributed by atoms with Crippen molar-refractivity contribution in [1.29, 1.82) is 0 Å². The first kappa shape index (κ1) is 26.6. The van der Waals surface area contributed by atoms with Gasteiger partial charge < -0.3 is 14.7 Å². The molecule has 0 aliphatic carbocycles. The Morgan fingerprint density at radius 3 is 2.74 bits per heavy atom. The van der Waals surface area contributed by atoms with Gasteiger partial charge in [0, 0.05) is 50.2 Å². The number of likely N-dealkylation sites (N-methyl/N-ethyl adjacent to an activating group) is 1. The molecule has 2 aliphatic heterocycles. The van der Waals surface area contributed by atoms with Gasteiger partial charge >= 0.3 is 6.18 Å². The van der Waals surface area contributed by atoms with Gasteiger partial charge in [0.15, 0.2) is 5.13 Å². The molecular weight excluding hydrogens is 539 g/mol. The molecule has 0 unspecified atom stereocenters. The Bertz CT molecular complexity index is 1480. The fraction of sp³-hybridized carbons (Fsp3) is 0.346. The van der Waals surface area contributed by atoms with Gasteiger partial charge in [0.2, 0.25) is 5.88 Å². The number of thiazole rings is 1. The molecule has 0 spiro atoms. The van der Waals surface area contributed by atoms with Crippen molar-refractivity contribution in [1.82, 2.24) is 9.88 Å². The molecule has 1 N–H and O–H groups in total. The number of fused-ring (bicyclic) bond motifs is 1. The first-order valence-electron chi connectivity index (χ1n) is 12.0. The summed E-state index contributed by atoms with van der Waals surface area (Å²) < 4.78 is 47.1. The number of nitrogens with zero attached hydrogens (tertiary/aromatic N) is 5. The number of aromatic nitrogens is 1. The van der Waals surface area contributed by atoms with E-state index in [1.165, 1.54) is 23.5 Å². The topological polar surface area (TPSA) is 73.5 Å². The second kappa shape index (κ2) is 11.0. The smallest absolute Gasteiger partial charge is 0.416 e. The van der Waals surface area contributed by atoms with Gasteiger partial charge in [-0.2, -0.15) is 28.4 Å². The lowest BCUT2D eigenvalue weighted by Gasteiger charge is -2.28. The van der Waals surface area contributed by atoms with Crippen LogP contribution in [-0.2, 0) is 17.3 Å². The van der Waals surface area contributed by atoms with E-state index in [1.807, 2.05) is 18.0 Å². The highest BCUT2D eigenvalue weighted by Gasteiger charge is 2.34. The molecule has 3 heterocycles. The molecule has 7 nitrogen and oxygen atoms in total. The van der Waals surface area contributed by atoms with Crippen LogP contribution in [0.15, 0.2) is 46.6 Å². The lowest BCUT2D eigenvalue weighted by atomic mass is 9.96. The summed E-state index contributed by atoms with van der Waals surface area (Å²) in [6.07, 6.45) is -3.08. The maximum Gasteiger partial charge on any atom is 0.416 e. The average Bonchev–Trinajstić information content (AvgIpc) is 3.52. The van der Waals surface area contributed by atoms with Crippen molar-refractivity contribution >= 4 is 39.9 Å². The van der Waals surface area contributed by atoms with Gasteiger partial charge in [-0.25, -0.2) is 0 Å². The number of ether oxygens (including phenoxy) is 1. The molecule has 0 radical (unpaired) electrons. The molecule has 0 bridgehead atoms. The minimum absolute atomic E-state index is 0.00259. The van der Waals surface area contributed by atoms with Gasteiger partial charge in [-0.3, -0.25) is 4.90 Å². The van der Waals surface area contributed by atoms with Gasteiger partial charge in [0.25, 0.3) is 0 Å². The zero-order valence-electron chi connectivity index (χ0n) is 20.5. The number of morpholine rings is 1. The zero-order valence-corrected chi connectivity index (χ0v) is 22.1. The number of halogens is 4. The van der Waals surface area contributed by atoms with Crippen molar-refractivity contribution < 1.29 is 23.0 Å². The molecule has 0 amide bonds. The predicted octanol–water partition coefficient (Wildman–Crippen LogP) is 3.70. The number of aromatic hydroxyl groups is 1. The predicted molar refractivity (Wildman–Crippen MR) is 142 cm³/mol. The Labute approximate surface area is 226 Å². The van der Waals surface area contributed by atoms with E-state index in [4.69, 9.17) is 16.3 Å². The Hall–Kier alpha value is -2.99. The Morgan fingerprint density at radius 2 is 1.97 bits per heavy atom. The van der Waals surface area contributed by atoms with Crippen LogP contribution in [0.5, 0.6) is 5.88 Å². The second-order valence-electron chi connectivity index (χ2n) is 9.10. The third-order valence-corrected chi connectivity index (χ3v) is 7.99. The molecule has 2 aliphatic rings. The monoisotopic (exact) mass is 563 g/mol. The van der Waals surface area contributed by atoms with Crippen molar-refractivity contribution in [3.63, 3.8) is 0 Å². The van der Waals surface area contributed by atoms with Crippen molar-refractivity contribution in [2.75, 3.05) is 51.3 Å². The summed E-state index contributed by atoms with van der Waals surface area (Å²) in [5.41, 5.74) is 0.501. The van der Waals surface area contributed by atoms with Gasteiger partial charge in [-0.15, -0.1) is 0 Å². The lowest BCUT2D eigenvalue weighted by Crippen LogP contribution is -2.40.